The van der Waals surface area contributed by atoms with Crippen LogP contribution in [0.4, 0.5) is 4.79 Å². The standard InChI is InChI=1S/C14H24N2O6/c1-14(2,3)22-13(19)15-9-6-10(12(18)21-5)16(7-9)8-11(17)20-4/h9-10H,6-8H2,1-5H3,(H,15,19)/t9?,10-/m0/s1. The van der Waals surface area contributed by atoms with Crippen LogP contribution in [0, 0.1) is 0 Å². The molecule has 1 unspecified atom stereocenters. The zero-order chi connectivity index (χ0) is 16.9. The molecule has 0 spiro atoms. The van der Waals surface area contributed by atoms with E-state index in [2.05, 4.69) is 10.1 Å². The first-order valence-electron chi connectivity index (χ1n) is 7.04. The number of ether oxygens (including phenoxy) is 3. The Morgan fingerprint density at radius 2 is 1.82 bits per heavy atom. The summed E-state index contributed by atoms with van der Waals surface area (Å²) in [6, 6.07) is -0.896. The molecule has 0 saturated carbocycles. The maximum Gasteiger partial charge on any atom is 0.407 e. The van der Waals surface area contributed by atoms with Crippen LogP contribution in [0.1, 0.15) is 27.2 Å². The van der Waals surface area contributed by atoms with Crippen LogP contribution in [-0.4, -0.2) is 67.9 Å². The largest absolute Gasteiger partial charge is 0.468 e. The van der Waals surface area contributed by atoms with Gasteiger partial charge in [-0.15, -0.1) is 0 Å². The highest BCUT2D eigenvalue weighted by Crippen LogP contribution is 2.19. The number of esters is 2. The van der Waals surface area contributed by atoms with Crippen molar-refractivity contribution in [3.63, 3.8) is 0 Å². The molecule has 1 aliphatic rings. The fraction of sp³-hybridized carbons (Fsp3) is 0.786. The van der Waals surface area contributed by atoms with Gasteiger partial charge in [-0.25, -0.2) is 4.79 Å². The van der Waals surface area contributed by atoms with Gasteiger partial charge in [0.1, 0.15) is 11.6 Å². The Bertz CT molecular complexity index is 432. The second-order valence-electron chi connectivity index (χ2n) is 6.12. The van der Waals surface area contributed by atoms with Crippen molar-refractivity contribution >= 4 is 18.0 Å². The number of rotatable bonds is 4. The number of carbonyl (C=O) groups is 3. The van der Waals surface area contributed by atoms with Crippen LogP contribution in [0.3, 0.4) is 0 Å². The summed E-state index contributed by atoms with van der Waals surface area (Å²) in [5, 5.41) is 2.70. The minimum atomic E-state index is -0.601. The summed E-state index contributed by atoms with van der Waals surface area (Å²) in [6.07, 6.45) is -0.204. The number of likely N-dealkylation sites (tertiary alicyclic amines) is 1. The van der Waals surface area contributed by atoms with E-state index in [1.54, 1.807) is 25.7 Å². The van der Waals surface area contributed by atoms with Gasteiger partial charge in [-0.05, 0) is 27.2 Å². The van der Waals surface area contributed by atoms with E-state index in [9.17, 15) is 14.4 Å². The SMILES string of the molecule is COC(=O)CN1CC(NC(=O)OC(C)(C)C)C[C@H]1C(=O)OC. The van der Waals surface area contributed by atoms with Gasteiger partial charge in [0, 0.05) is 12.6 Å². The van der Waals surface area contributed by atoms with Crippen molar-refractivity contribution in [2.24, 2.45) is 0 Å². The van der Waals surface area contributed by atoms with Gasteiger partial charge in [0.15, 0.2) is 0 Å². The van der Waals surface area contributed by atoms with Crippen LogP contribution in [0.5, 0.6) is 0 Å². The quantitative estimate of drug-likeness (QED) is 0.589. The van der Waals surface area contributed by atoms with Gasteiger partial charge in [-0.2, -0.15) is 0 Å². The summed E-state index contributed by atoms with van der Waals surface area (Å²) in [7, 11) is 2.56. The van der Waals surface area contributed by atoms with E-state index in [-0.39, 0.29) is 12.6 Å². The summed E-state index contributed by atoms with van der Waals surface area (Å²) in [4.78, 5) is 36.6. The highest BCUT2D eigenvalue weighted by Gasteiger charge is 2.39. The second kappa shape index (κ2) is 7.44. The summed E-state index contributed by atoms with van der Waals surface area (Å²) < 4.78 is 14.5. The van der Waals surface area contributed by atoms with Crippen LogP contribution in [0.15, 0.2) is 0 Å². The summed E-state index contributed by atoms with van der Waals surface area (Å²) in [5.41, 5.74) is -0.601. The average Bonchev–Trinajstić information content (AvgIpc) is 2.77. The topological polar surface area (TPSA) is 94.2 Å². The van der Waals surface area contributed by atoms with Crippen LogP contribution >= 0.6 is 0 Å². The molecule has 0 aliphatic carbocycles. The van der Waals surface area contributed by atoms with Crippen molar-refractivity contribution in [2.75, 3.05) is 27.3 Å². The molecule has 1 aliphatic heterocycles. The lowest BCUT2D eigenvalue weighted by Crippen LogP contribution is -2.42. The number of amides is 1. The number of alkyl carbamates (subject to hydrolysis) is 1. The summed E-state index contributed by atoms with van der Waals surface area (Å²) in [5.74, 6) is -0.899. The zero-order valence-electron chi connectivity index (χ0n) is 13.7. The van der Waals surface area contributed by atoms with E-state index in [0.717, 1.165) is 0 Å². The van der Waals surface area contributed by atoms with Crippen molar-refractivity contribution in [2.45, 2.75) is 44.9 Å². The van der Waals surface area contributed by atoms with Gasteiger partial charge in [0.25, 0.3) is 0 Å². The predicted molar refractivity (Wildman–Crippen MR) is 77.2 cm³/mol. The molecule has 1 fully saturated rings. The highest BCUT2D eigenvalue weighted by molar-refractivity contribution is 5.78. The van der Waals surface area contributed by atoms with E-state index < -0.39 is 29.7 Å². The Kier molecular flexibility index (Phi) is 6.16. The number of hydrogen-bond acceptors (Lipinski definition) is 7. The number of carbonyl (C=O) groups excluding carboxylic acids is 3. The maximum absolute atomic E-state index is 11.8. The molecular weight excluding hydrogens is 292 g/mol. The molecule has 1 amide bonds. The Morgan fingerprint density at radius 1 is 1.18 bits per heavy atom. The lowest BCUT2D eigenvalue weighted by molar-refractivity contribution is -0.148. The normalized spacial score (nSPS) is 22.0. The van der Waals surface area contributed by atoms with E-state index in [4.69, 9.17) is 9.47 Å². The van der Waals surface area contributed by atoms with Crippen molar-refractivity contribution < 1.29 is 28.6 Å². The van der Waals surface area contributed by atoms with Gasteiger partial charge in [0.05, 0.1) is 20.8 Å². The summed E-state index contributed by atoms with van der Waals surface area (Å²) >= 11 is 0. The van der Waals surface area contributed by atoms with Gasteiger partial charge in [-0.1, -0.05) is 0 Å². The molecule has 1 saturated heterocycles. The molecule has 0 aromatic heterocycles. The van der Waals surface area contributed by atoms with Gasteiger partial charge in [-0.3, -0.25) is 14.5 Å². The summed E-state index contributed by atoms with van der Waals surface area (Å²) in [6.45, 7) is 5.60. The Hall–Kier alpha value is -1.83. The molecule has 8 nitrogen and oxygen atoms in total. The monoisotopic (exact) mass is 316 g/mol. The second-order valence-corrected chi connectivity index (χ2v) is 6.12. The molecule has 2 atom stereocenters. The predicted octanol–water partition coefficient (Wildman–Crippen LogP) is 0.300. The van der Waals surface area contributed by atoms with Crippen molar-refractivity contribution in [3.8, 4) is 0 Å². The third-order valence-corrected chi connectivity index (χ3v) is 3.16. The van der Waals surface area contributed by atoms with Crippen LogP contribution < -0.4 is 5.32 Å². The zero-order valence-corrected chi connectivity index (χ0v) is 13.7. The van der Waals surface area contributed by atoms with Crippen LogP contribution in [-0.2, 0) is 23.8 Å². The lowest BCUT2D eigenvalue weighted by Gasteiger charge is -2.22. The Balaban J connectivity index is 2.66. The molecule has 1 N–H and O–H groups in total. The first kappa shape index (κ1) is 18.2. The smallest absolute Gasteiger partial charge is 0.407 e. The minimum Gasteiger partial charge on any atom is -0.468 e. The van der Waals surface area contributed by atoms with Gasteiger partial charge < -0.3 is 19.5 Å². The van der Waals surface area contributed by atoms with Gasteiger partial charge in [0.2, 0.25) is 0 Å². The van der Waals surface area contributed by atoms with Crippen molar-refractivity contribution in [3.05, 3.63) is 0 Å². The number of nitrogens with one attached hydrogen (secondary N) is 1. The molecule has 22 heavy (non-hydrogen) atoms. The Labute approximate surface area is 130 Å². The molecule has 0 bridgehead atoms. The Morgan fingerprint density at radius 3 is 2.32 bits per heavy atom. The molecular formula is C14H24N2O6. The molecule has 0 aromatic carbocycles. The van der Waals surface area contributed by atoms with E-state index in [1.807, 2.05) is 0 Å². The van der Waals surface area contributed by atoms with E-state index >= 15 is 0 Å². The van der Waals surface area contributed by atoms with Gasteiger partial charge >= 0.3 is 18.0 Å². The van der Waals surface area contributed by atoms with Crippen molar-refractivity contribution in [1.82, 2.24) is 10.2 Å². The molecule has 126 valence electrons. The fourth-order valence-electron chi connectivity index (χ4n) is 2.27. The molecule has 1 rings (SSSR count). The first-order valence-corrected chi connectivity index (χ1v) is 7.04. The fourth-order valence-corrected chi connectivity index (χ4v) is 2.27. The van der Waals surface area contributed by atoms with Crippen LogP contribution in [0.2, 0.25) is 0 Å². The highest BCUT2D eigenvalue weighted by atomic mass is 16.6. The first-order chi connectivity index (χ1) is 10.2. The third kappa shape index (κ3) is 5.51. The number of nitrogens with zero attached hydrogens (tertiary/aromatic N) is 1. The molecule has 8 heteroatoms. The molecule has 1 heterocycles. The van der Waals surface area contributed by atoms with E-state index in [0.29, 0.717) is 13.0 Å². The van der Waals surface area contributed by atoms with Crippen molar-refractivity contribution in [1.29, 1.82) is 0 Å². The third-order valence-electron chi connectivity index (χ3n) is 3.16. The number of hydrogen-bond donors (Lipinski definition) is 1. The average molecular weight is 316 g/mol. The lowest BCUT2D eigenvalue weighted by atomic mass is 10.1. The van der Waals surface area contributed by atoms with E-state index in [1.165, 1.54) is 14.2 Å². The maximum atomic E-state index is 11.8. The number of methoxy groups -OCH3 is 2. The molecule has 0 aromatic rings. The van der Waals surface area contributed by atoms with Crippen LogP contribution in [0.25, 0.3) is 0 Å². The minimum absolute atomic E-state index is 0.0389. The molecule has 0 radical (unpaired) electrons.